The van der Waals surface area contributed by atoms with Crippen LogP contribution in [0.3, 0.4) is 0 Å². The van der Waals surface area contributed by atoms with Gasteiger partial charge in [-0.15, -0.1) is 10.2 Å². The molecule has 6 nitrogen and oxygen atoms in total. The van der Waals surface area contributed by atoms with Crippen LogP contribution in [0.15, 0.2) is 35.5 Å². The number of rotatable bonds is 8. The van der Waals surface area contributed by atoms with Crippen molar-refractivity contribution >= 4 is 17.7 Å². The summed E-state index contributed by atoms with van der Waals surface area (Å²) in [5.41, 5.74) is 1.20. The van der Waals surface area contributed by atoms with Crippen LogP contribution in [0.4, 0.5) is 0 Å². The monoisotopic (exact) mass is 360 g/mol. The maximum Gasteiger partial charge on any atom is 0.230 e. The van der Waals surface area contributed by atoms with Crippen molar-refractivity contribution in [2.45, 2.75) is 44.0 Å². The fraction of sp³-hybridized carbons (Fsp3) is 0.500. The van der Waals surface area contributed by atoms with E-state index in [1.54, 1.807) is 0 Å². The van der Waals surface area contributed by atoms with Crippen LogP contribution in [-0.2, 0) is 22.5 Å². The van der Waals surface area contributed by atoms with Crippen molar-refractivity contribution in [3.05, 3.63) is 41.7 Å². The van der Waals surface area contributed by atoms with Gasteiger partial charge in [-0.2, -0.15) is 0 Å². The van der Waals surface area contributed by atoms with Gasteiger partial charge < -0.3 is 14.6 Å². The molecule has 0 aliphatic carbocycles. The number of nitrogens with zero attached hydrogens (tertiary/aromatic N) is 3. The van der Waals surface area contributed by atoms with Crippen molar-refractivity contribution in [3.8, 4) is 0 Å². The fourth-order valence-electron chi connectivity index (χ4n) is 2.87. The SMILES string of the molecule is CCn1c(Cc2ccccc2)nnc1SCC(=O)NCC1CCCO1. The number of hydrogen-bond acceptors (Lipinski definition) is 5. The van der Waals surface area contributed by atoms with Crippen molar-refractivity contribution in [2.24, 2.45) is 0 Å². The third-order valence-corrected chi connectivity index (χ3v) is 5.16. The normalized spacial score (nSPS) is 16.9. The lowest BCUT2D eigenvalue weighted by atomic mass is 10.1. The standard InChI is InChI=1S/C18H24N4O2S/c1-2-22-16(11-14-7-4-3-5-8-14)20-21-18(22)25-13-17(23)19-12-15-9-6-10-24-15/h3-5,7-8,15H,2,6,9-13H2,1H3,(H,19,23). The molecule has 1 fully saturated rings. The molecule has 0 radical (unpaired) electrons. The number of ether oxygens (including phenoxy) is 1. The predicted molar refractivity (Wildman–Crippen MR) is 97.7 cm³/mol. The van der Waals surface area contributed by atoms with Crippen LogP contribution >= 0.6 is 11.8 Å². The maximum absolute atomic E-state index is 12.0. The van der Waals surface area contributed by atoms with Gasteiger partial charge in [0, 0.05) is 26.1 Å². The molecule has 1 amide bonds. The number of amides is 1. The van der Waals surface area contributed by atoms with Crippen molar-refractivity contribution in [3.63, 3.8) is 0 Å². The summed E-state index contributed by atoms with van der Waals surface area (Å²) < 4.78 is 7.59. The van der Waals surface area contributed by atoms with Gasteiger partial charge in [-0.1, -0.05) is 42.1 Å². The summed E-state index contributed by atoms with van der Waals surface area (Å²) in [5, 5.41) is 12.3. The number of nitrogens with one attached hydrogen (secondary N) is 1. The summed E-state index contributed by atoms with van der Waals surface area (Å²) in [4.78, 5) is 12.0. The number of benzene rings is 1. The number of carbonyl (C=O) groups is 1. The molecule has 0 saturated carbocycles. The van der Waals surface area contributed by atoms with E-state index in [1.807, 2.05) is 18.2 Å². The second-order valence-electron chi connectivity index (χ2n) is 6.03. The topological polar surface area (TPSA) is 69.0 Å². The van der Waals surface area contributed by atoms with Gasteiger partial charge in [0.25, 0.3) is 0 Å². The molecule has 0 spiro atoms. The van der Waals surface area contributed by atoms with E-state index in [4.69, 9.17) is 4.74 Å². The van der Waals surface area contributed by atoms with Crippen molar-refractivity contribution < 1.29 is 9.53 Å². The Morgan fingerprint density at radius 2 is 2.20 bits per heavy atom. The Hall–Kier alpha value is -1.86. The quantitative estimate of drug-likeness (QED) is 0.732. The summed E-state index contributed by atoms with van der Waals surface area (Å²) in [6, 6.07) is 10.2. The average Bonchev–Trinajstić information content (AvgIpc) is 3.28. The molecule has 25 heavy (non-hydrogen) atoms. The molecule has 1 N–H and O–H groups in total. The zero-order chi connectivity index (χ0) is 17.5. The van der Waals surface area contributed by atoms with Gasteiger partial charge >= 0.3 is 0 Å². The number of aromatic nitrogens is 3. The number of thioether (sulfide) groups is 1. The van der Waals surface area contributed by atoms with E-state index in [2.05, 4.69) is 39.1 Å². The fourth-order valence-corrected chi connectivity index (χ4v) is 3.72. The highest BCUT2D eigenvalue weighted by Gasteiger charge is 2.17. The highest BCUT2D eigenvalue weighted by atomic mass is 32.2. The first-order valence-corrected chi connectivity index (χ1v) is 9.72. The van der Waals surface area contributed by atoms with Crippen LogP contribution in [0.5, 0.6) is 0 Å². The largest absolute Gasteiger partial charge is 0.376 e. The molecular weight excluding hydrogens is 336 g/mol. The molecular formula is C18H24N4O2S. The lowest BCUT2D eigenvalue weighted by Gasteiger charge is -2.11. The van der Waals surface area contributed by atoms with Crippen molar-refractivity contribution in [1.29, 1.82) is 0 Å². The van der Waals surface area contributed by atoms with Gasteiger partial charge in [-0.25, -0.2) is 0 Å². The Balaban J connectivity index is 1.52. The molecule has 2 aromatic rings. The average molecular weight is 360 g/mol. The van der Waals surface area contributed by atoms with Crippen LogP contribution in [0, 0.1) is 0 Å². The van der Waals surface area contributed by atoms with Crippen LogP contribution < -0.4 is 5.32 Å². The predicted octanol–water partition coefficient (Wildman–Crippen LogP) is 2.28. The van der Waals surface area contributed by atoms with Crippen LogP contribution in [0.25, 0.3) is 0 Å². The first kappa shape index (κ1) is 17.9. The molecule has 1 unspecified atom stereocenters. The molecule has 1 atom stereocenters. The first-order chi connectivity index (χ1) is 12.3. The summed E-state index contributed by atoms with van der Waals surface area (Å²) in [5.74, 6) is 1.28. The summed E-state index contributed by atoms with van der Waals surface area (Å²) in [6.45, 7) is 4.26. The maximum atomic E-state index is 12.0. The third kappa shape index (κ3) is 5.06. The highest BCUT2D eigenvalue weighted by Crippen LogP contribution is 2.19. The van der Waals surface area contributed by atoms with E-state index in [1.165, 1.54) is 17.3 Å². The van der Waals surface area contributed by atoms with E-state index in [0.717, 1.165) is 43.4 Å². The summed E-state index contributed by atoms with van der Waals surface area (Å²) >= 11 is 1.43. The van der Waals surface area contributed by atoms with Gasteiger partial charge in [0.1, 0.15) is 5.82 Å². The molecule has 7 heteroatoms. The first-order valence-electron chi connectivity index (χ1n) is 8.73. The van der Waals surface area contributed by atoms with Gasteiger partial charge in [-0.3, -0.25) is 4.79 Å². The molecule has 1 aromatic heterocycles. The number of hydrogen-bond donors (Lipinski definition) is 1. The van der Waals surface area contributed by atoms with Crippen LogP contribution in [0.1, 0.15) is 31.2 Å². The number of carbonyl (C=O) groups excluding carboxylic acids is 1. The van der Waals surface area contributed by atoms with Crippen LogP contribution in [-0.4, -0.2) is 45.7 Å². The summed E-state index contributed by atoms with van der Waals surface area (Å²) in [7, 11) is 0. The van der Waals surface area contributed by atoms with E-state index >= 15 is 0 Å². The Morgan fingerprint density at radius 3 is 2.92 bits per heavy atom. The van der Waals surface area contributed by atoms with Gasteiger partial charge in [0.15, 0.2) is 5.16 Å². The summed E-state index contributed by atoms with van der Waals surface area (Å²) in [6.07, 6.45) is 3.03. The molecule has 1 aliphatic rings. The molecule has 1 saturated heterocycles. The van der Waals surface area contributed by atoms with Crippen molar-refractivity contribution in [2.75, 3.05) is 18.9 Å². The zero-order valence-corrected chi connectivity index (χ0v) is 15.3. The second kappa shape index (κ2) is 9.01. The minimum atomic E-state index is 0.00997. The van der Waals surface area contributed by atoms with E-state index in [0.29, 0.717) is 12.3 Å². The van der Waals surface area contributed by atoms with Gasteiger partial charge in [0.2, 0.25) is 5.91 Å². The third-order valence-electron chi connectivity index (χ3n) is 4.20. The molecule has 2 heterocycles. The zero-order valence-electron chi connectivity index (χ0n) is 14.5. The molecule has 134 valence electrons. The second-order valence-corrected chi connectivity index (χ2v) is 6.98. The minimum Gasteiger partial charge on any atom is -0.376 e. The Bertz CT molecular complexity index is 684. The lowest BCUT2D eigenvalue weighted by Crippen LogP contribution is -2.32. The smallest absolute Gasteiger partial charge is 0.230 e. The van der Waals surface area contributed by atoms with E-state index in [9.17, 15) is 4.79 Å². The minimum absolute atomic E-state index is 0.00997. The Labute approximate surface area is 152 Å². The van der Waals surface area contributed by atoms with Gasteiger partial charge in [-0.05, 0) is 25.3 Å². The van der Waals surface area contributed by atoms with Gasteiger partial charge in [0.05, 0.1) is 11.9 Å². The molecule has 1 aliphatic heterocycles. The lowest BCUT2D eigenvalue weighted by molar-refractivity contribution is -0.119. The van der Waals surface area contributed by atoms with Crippen molar-refractivity contribution in [1.82, 2.24) is 20.1 Å². The Kier molecular flexibility index (Phi) is 6.47. The Morgan fingerprint density at radius 1 is 1.36 bits per heavy atom. The molecule has 0 bridgehead atoms. The molecule has 1 aromatic carbocycles. The van der Waals surface area contributed by atoms with Crippen LogP contribution in [0.2, 0.25) is 0 Å². The molecule has 3 rings (SSSR count). The van der Waals surface area contributed by atoms with E-state index in [-0.39, 0.29) is 12.0 Å². The highest BCUT2D eigenvalue weighted by molar-refractivity contribution is 7.99. The van der Waals surface area contributed by atoms with E-state index < -0.39 is 0 Å².